The van der Waals surface area contributed by atoms with E-state index in [0.29, 0.717) is 30.2 Å². The number of hydrogen-bond donors (Lipinski definition) is 1. The second-order valence-corrected chi connectivity index (χ2v) is 5.53. The average molecular weight is 291 g/mol. The molecule has 0 saturated heterocycles. The summed E-state index contributed by atoms with van der Waals surface area (Å²) >= 11 is 1.35. The molecule has 2 rings (SSSR count). The van der Waals surface area contributed by atoms with Gasteiger partial charge in [0.25, 0.3) is 0 Å². The van der Waals surface area contributed by atoms with Gasteiger partial charge in [-0.2, -0.15) is 0 Å². The van der Waals surface area contributed by atoms with E-state index in [9.17, 15) is 4.79 Å². The first kappa shape index (κ1) is 14.4. The van der Waals surface area contributed by atoms with E-state index in [4.69, 9.17) is 15.2 Å². The van der Waals surface area contributed by atoms with E-state index in [1.54, 1.807) is 6.07 Å². The van der Waals surface area contributed by atoms with Crippen molar-refractivity contribution in [3.05, 3.63) is 46.2 Å². The highest BCUT2D eigenvalue weighted by Gasteiger charge is 2.11. The van der Waals surface area contributed by atoms with Gasteiger partial charge in [-0.1, -0.05) is 18.2 Å². The van der Waals surface area contributed by atoms with Gasteiger partial charge in [0.1, 0.15) is 10.6 Å². The molecule has 0 amide bonds. The molecule has 0 radical (unpaired) electrons. The zero-order chi connectivity index (χ0) is 14.4. The van der Waals surface area contributed by atoms with Gasteiger partial charge in [-0.05, 0) is 25.1 Å². The average Bonchev–Trinajstić information content (AvgIpc) is 2.79. The lowest BCUT2D eigenvalue weighted by Crippen LogP contribution is -2.08. The fourth-order valence-electron chi connectivity index (χ4n) is 1.60. The summed E-state index contributed by atoms with van der Waals surface area (Å²) in [7, 11) is 0. The van der Waals surface area contributed by atoms with Gasteiger partial charge in [-0.3, -0.25) is 0 Å². The highest BCUT2D eigenvalue weighted by molar-refractivity contribution is 7.14. The van der Waals surface area contributed by atoms with Crippen molar-refractivity contribution < 1.29 is 14.3 Å². The van der Waals surface area contributed by atoms with Crippen molar-refractivity contribution in [1.29, 1.82) is 0 Å². The number of aryl methyl sites for hydroxylation is 1. The molecular weight excluding hydrogens is 274 g/mol. The number of nitrogen functional groups attached to an aromatic ring is 1. The SMILES string of the molecule is Cc1sc(C(=O)OCCCOc2ccccc2)cc1N. The molecule has 106 valence electrons. The Kier molecular flexibility index (Phi) is 5.01. The zero-order valence-electron chi connectivity index (χ0n) is 11.3. The molecule has 0 unspecified atom stereocenters. The van der Waals surface area contributed by atoms with Crippen LogP contribution in [0.15, 0.2) is 36.4 Å². The van der Waals surface area contributed by atoms with Gasteiger partial charge in [0.05, 0.1) is 13.2 Å². The van der Waals surface area contributed by atoms with Gasteiger partial charge in [0, 0.05) is 17.0 Å². The summed E-state index contributed by atoms with van der Waals surface area (Å²) in [6.07, 6.45) is 0.653. The van der Waals surface area contributed by atoms with Crippen LogP contribution in [-0.4, -0.2) is 19.2 Å². The normalized spacial score (nSPS) is 10.2. The predicted molar refractivity (Wildman–Crippen MR) is 80.3 cm³/mol. The number of nitrogens with two attached hydrogens (primary N) is 1. The largest absolute Gasteiger partial charge is 0.493 e. The van der Waals surface area contributed by atoms with Crippen molar-refractivity contribution in [2.24, 2.45) is 0 Å². The van der Waals surface area contributed by atoms with Crippen molar-refractivity contribution >= 4 is 23.0 Å². The summed E-state index contributed by atoms with van der Waals surface area (Å²) in [5.74, 6) is 0.495. The summed E-state index contributed by atoms with van der Waals surface area (Å²) < 4.78 is 10.7. The number of benzene rings is 1. The van der Waals surface area contributed by atoms with Crippen LogP contribution in [-0.2, 0) is 4.74 Å². The number of esters is 1. The van der Waals surface area contributed by atoms with Gasteiger partial charge in [0.15, 0.2) is 0 Å². The monoisotopic (exact) mass is 291 g/mol. The number of ether oxygens (including phenoxy) is 2. The molecular formula is C15H17NO3S. The molecule has 0 aliphatic rings. The van der Waals surface area contributed by atoms with E-state index in [0.717, 1.165) is 10.6 Å². The van der Waals surface area contributed by atoms with E-state index < -0.39 is 0 Å². The van der Waals surface area contributed by atoms with Gasteiger partial charge in [0.2, 0.25) is 0 Å². The van der Waals surface area contributed by atoms with E-state index in [2.05, 4.69) is 0 Å². The maximum Gasteiger partial charge on any atom is 0.348 e. The Morgan fingerprint density at radius 2 is 2.00 bits per heavy atom. The molecule has 20 heavy (non-hydrogen) atoms. The molecule has 0 aliphatic carbocycles. The first-order valence-corrected chi connectivity index (χ1v) is 7.19. The molecule has 1 aromatic heterocycles. The number of carbonyl (C=O) groups is 1. The summed E-state index contributed by atoms with van der Waals surface area (Å²) in [5, 5.41) is 0. The number of carbonyl (C=O) groups excluding carboxylic acids is 1. The molecule has 0 bridgehead atoms. The third-order valence-electron chi connectivity index (χ3n) is 2.69. The fraction of sp³-hybridized carbons (Fsp3) is 0.267. The molecule has 5 heteroatoms. The minimum Gasteiger partial charge on any atom is -0.493 e. The van der Waals surface area contributed by atoms with Gasteiger partial charge >= 0.3 is 5.97 Å². The Hall–Kier alpha value is -2.01. The second kappa shape index (κ2) is 6.96. The van der Waals surface area contributed by atoms with Crippen LogP contribution in [0.5, 0.6) is 5.75 Å². The molecule has 0 atom stereocenters. The molecule has 0 fully saturated rings. The van der Waals surface area contributed by atoms with Crippen LogP contribution < -0.4 is 10.5 Å². The fourth-order valence-corrected chi connectivity index (χ4v) is 2.43. The second-order valence-electron chi connectivity index (χ2n) is 4.27. The van der Waals surface area contributed by atoms with Gasteiger partial charge in [-0.25, -0.2) is 4.79 Å². The lowest BCUT2D eigenvalue weighted by Gasteiger charge is -2.06. The van der Waals surface area contributed by atoms with E-state index in [1.165, 1.54) is 11.3 Å². The van der Waals surface area contributed by atoms with Gasteiger partial charge in [-0.15, -0.1) is 11.3 Å². The highest BCUT2D eigenvalue weighted by atomic mass is 32.1. The van der Waals surface area contributed by atoms with Crippen molar-refractivity contribution in [1.82, 2.24) is 0 Å². The first-order valence-electron chi connectivity index (χ1n) is 6.37. The molecule has 0 spiro atoms. The van der Waals surface area contributed by atoms with Crippen molar-refractivity contribution in [3.8, 4) is 5.75 Å². The Balaban J connectivity index is 1.67. The third kappa shape index (κ3) is 3.99. The minimum absolute atomic E-state index is 0.325. The van der Waals surface area contributed by atoms with Crippen molar-refractivity contribution in [2.45, 2.75) is 13.3 Å². The number of hydrogen-bond acceptors (Lipinski definition) is 5. The molecule has 1 heterocycles. The van der Waals surface area contributed by atoms with Crippen molar-refractivity contribution in [2.75, 3.05) is 18.9 Å². The third-order valence-corrected chi connectivity index (χ3v) is 3.74. The predicted octanol–water partition coefficient (Wildman–Crippen LogP) is 3.26. The van der Waals surface area contributed by atoms with Crippen LogP contribution in [0.1, 0.15) is 21.0 Å². The number of thiophene rings is 1. The Morgan fingerprint density at radius 3 is 2.65 bits per heavy atom. The molecule has 2 N–H and O–H groups in total. The summed E-state index contributed by atoms with van der Waals surface area (Å²) in [5.41, 5.74) is 6.34. The Morgan fingerprint density at radius 1 is 1.25 bits per heavy atom. The molecule has 2 aromatic rings. The smallest absolute Gasteiger partial charge is 0.348 e. The number of para-hydroxylation sites is 1. The van der Waals surface area contributed by atoms with Crippen LogP contribution in [0.3, 0.4) is 0 Å². The molecule has 4 nitrogen and oxygen atoms in total. The molecule has 1 aromatic carbocycles. The maximum absolute atomic E-state index is 11.7. The maximum atomic E-state index is 11.7. The summed E-state index contributed by atoms with van der Waals surface area (Å²) in [4.78, 5) is 13.2. The molecule has 0 aliphatic heterocycles. The standard InChI is InChI=1S/C15H17NO3S/c1-11-13(16)10-14(20-11)15(17)19-9-5-8-18-12-6-3-2-4-7-12/h2-4,6-7,10H,5,8-9,16H2,1H3. The van der Waals surface area contributed by atoms with Crippen molar-refractivity contribution in [3.63, 3.8) is 0 Å². The zero-order valence-corrected chi connectivity index (χ0v) is 12.1. The number of anilines is 1. The summed E-state index contributed by atoms with van der Waals surface area (Å²) in [6.45, 7) is 2.73. The Bertz CT molecular complexity index is 546. The van der Waals surface area contributed by atoms with E-state index in [-0.39, 0.29) is 5.97 Å². The van der Waals surface area contributed by atoms with Crippen LogP contribution in [0.4, 0.5) is 5.69 Å². The van der Waals surface area contributed by atoms with Crippen LogP contribution >= 0.6 is 11.3 Å². The lowest BCUT2D eigenvalue weighted by atomic mass is 10.3. The van der Waals surface area contributed by atoms with Gasteiger partial charge < -0.3 is 15.2 Å². The van der Waals surface area contributed by atoms with Crippen LogP contribution in [0.25, 0.3) is 0 Å². The van der Waals surface area contributed by atoms with E-state index in [1.807, 2.05) is 37.3 Å². The topological polar surface area (TPSA) is 61.5 Å². The quantitative estimate of drug-likeness (QED) is 0.655. The molecule has 0 saturated carbocycles. The Labute approximate surface area is 122 Å². The highest BCUT2D eigenvalue weighted by Crippen LogP contribution is 2.23. The van der Waals surface area contributed by atoms with Crippen LogP contribution in [0, 0.1) is 6.92 Å². The lowest BCUT2D eigenvalue weighted by molar-refractivity contribution is 0.0492. The minimum atomic E-state index is -0.325. The summed E-state index contributed by atoms with van der Waals surface area (Å²) in [6, 6.07) is 11.2. The van der Waals surface area contributed by atoms with Crippen LogP contribution in [0.2, 0.25) is 0 Å². The number of rotatable bonds is 6. The first-order chi connectivity index (χ1) is 9.66. The van der Waals surface area contributed by atoms with E-state index >= 15 is 0 Å².